The van der Waals surface area contributed by atoms with E-state index in [4.69, 9.17) is 8.37 Å². The Hall–Kier alpha value is -1.24. The largest absolute Gasteiger partial charge is 0.467 e. The predicted octanol–water partition coefficient (Wildman–Crippen LogP) is 0.895. The zero-order chi connectivity index (χ0) is 11.5. The number of rotatable bonds is 2. The van der Waals surface area contributed by atoms with E-state index in [1.807, 2.05) is 6.07 Å². The van der Waals surface area contributed by atoms with Crippen LogP contribution in [-0.2, 0) is 29.3 Å². The second kappa shape index (κ2) is 4.73. The molecular formula is C10H10O5S. The standard InChI is InChI=1S/C10H10O5S/c1-13-10(11)9-8(14-16(12)15-9)7-5-3-2-4-6-7/h2-6,8-9H,1H3/t8-,9+,16?/m0/s1. The van der Waals surface area contributed by atoms with Crippen LogP contribution >= 0.6 is 0 Å². The van der Waals surface area contributed by atoms with Crippen molar-refractivity contribution in [2.45, 2.75) is 12.2 Å². The Bertz CT molecular complexity index is 405. The summed E-state index contributed by atoms with van der Waals surface area (Å²) in [4.78, 5) is 11.4. The molecule has 1 fully saturated rings. The third kappa shape index (κ3) is 2.13. The molecule has 5 nitrogen and oxygen atoms in total. The first kappa shape index (κ1) is 11.3. The normalized spacial score (nSPS) is 28.9. The molecule has 0 aliphatic carbocycles. The molecule has 0 radical (unpaired) electrons. The van der Waals surface area contributed by atoms with E-state index in [0.717, 1.165) is 5.56 Å². The maximum absolute atomic E-state index is 11.4. The molecule has 3 atom stereocenters. The number of carbonyl (C=O) groups is 1. The van der Waals surface area contributed by atoms with Gasteiger partial charge in [-0.1, -0.05) is 30.3 Å². The van der Waals surface area contributed by atoms with Crippen LogP contribution in [-0.4, -0.2) is 23.4 Å². The number of methoxy groups -OCH3 is 1. The van der Waals surface area contributed by atoms with Crippen molar-refractivity contribution in [3.63, 3.8) is 0 Å². The number of hydrogen-bond acceptors (Lipinski definition) is 5. The molecule has 0 saturated carbocycles. The van der Waals surface area contributed by atoms with E-state index in [9.17, 15) is 9.00 Å². The average molecular weight is 242 g/mol. The summed E-state index contributed by atoms with van der Waals surface area (Å²) in [5.41, 5.74) is 0.726. The van der Waals surface area contributed by atoms with Gasteiger partial charge in [-0.25, -0.2) is 8.98 Å². The van der Waals surface area contributed by atoms with Crippen LogP contribution in [0.3, 0.4) is 0 Å². The Morgan fingerprint density at radius 3 is 2.62 bits per heavy atom. The van der Waals surface area contributed by atoms with Crippen molar-refractivity contribution < 1.29 is 22.1 Å². The van der Waals surface area contributed by atoms with E-state index in [0.29, 0.717) is 0 Å². The Kier molecular flexibility index (Phi) is 3.33. The first-order chi connectivity index (χ1) is 7.72. The Labute approximate surface area is 95.2 Å². The third-order valence-electron chi connectivity index (χ3n) is 2.20. The highest BCUT2D eigenvalue weighted by Crippen LogP contribution is 2.32. The number of esters is 1. The molecule has 0 bridgehead atoms. The zero-order valence-corrected chi connectivity index (χ0v) is 9.31. The van der Waals surface area contributed by atoms with E-state index in [-0.39, 0.29) is 0 Å². The molecule has 0 aromatic heterocycles. The van der Waals surface area contributed by atoms with Crippen LogP contribution in [0, 0.1) is 0 Å². The van der Waals surface area contributed by atoms with Gasteiger partial charge in [0.05, 0.1) is 7.11 Å². The maximum atomic E-state index is 11.4. The second-order valence-corrected chi connectivity index (χ2v) is 3.96. The van der Waals surface area contributed by atoms with Gasteiger partial charge in [-0.2, -0.15) is 4.21 Å². The lowest BCUT2D eigenvalue weighted by Crippen LogP contribution is -2.27. The molecule has 1 aromatic carbocycles. The van der Waals surface area contributed by atoms with Gasteiger partial charge in [0, 0.05) is 0 Å². The lowest BCUT2D eigenvalue weighted by Gasteiger charge is -2.12. The van der Waals surface area contributed by atoms with Crippen LogP contribution < -0.4 is 0 Å². The molecule has 16 heavy (non-hydrogen) atoms. The molecule has 1 aliphatic rings. The molecule has 2 rings (SSSR count). The van der Waals surface area contributed by atoms with Gasteiger partial charge in [-0.3, -0.25) is 4.18 Å². The van der Waals surface area contributed by atoms with E-state index < -0.39 is 29.5 Å². The third-order valence-corrected chi connectivity index (χ3v) is 2.93. The minimum Gasteiger partial charge on any atom is -0.467 e. The summed E-state index contributed by atoms with van der Waals surface area (Å²) >= 11 is -1.91. The molecule has 0 spiro atoms. The lowest BCUT2D eigenvalue weighted by molar-refractivity contribution is -0.149. The number of benzene rings is 1. The molecule has 1 aromatic rings. The van der Waals surface area contributed by atoms with Crippen LogP contribution in [0.5, 0.6) is 0 Å². The molecule has 1 aliphatic heterocycles. The minimum absolute atomic E-state index is 0.597. The van der Waals surface area contributed by atoms with Crippen molar-refractivity contribution >= 4 is 17.3 Å². The van der Waals surface area contributed by atoms with Crippen LogP contribution in [0.25, 0.3) is 0 Å². The summed E-state index contributed by atoms with van der Waals surface area (Å²) in [6, 6.07) is 8.98. The highest BCUT2D eigenvalue weighted by molar-refractivity contribution is 7.75. The fraction of sp³-hybridized carbons (Fsp3) is 0.300. The molecule has 86 valence electrons. The van der Waals surface area contributed by atoms with Gasteiger partial charge < -0.3 is 4.74 Å². The molecule has 1 unspecified atom stereocenters. The Morgan fingerprint density at radius 1 is 1.31 bits per heavy atom. The molecule has 0 N–H and O–H groups in total. The highest BCUT2D eigenvalue weighted by Gasteiger charge is 2.42. The maximum Gasteiger partial charge on any atom is 0.339 e. The van der Waals surface area contributed by atoms with Crippen LogP contribution in [0.1, 0.15) is 11.7 Å². The summed E-state index contributed by atoms with van der Waals surface area (Å²) < 4.78 is 25.6. The van der Waals surface area contributed by atoms with Crippen LogP contribution in [0.2, 0.25) is 0 Å². The van der Waals surface area contributed by atoms with E-state index in [2.05, 4.69) is 4.74 Å². The van der Waals surface area contributed by atoms with Crippen molar-refractivity contribution in [2.24, 2.45) is 0 Å². The number of carbonyl (C=O) groups excluding carboxylic acids is 1. The summed E-state index contributed by atoms with van der Waals surface area (Å²) in [5, 5.41) is 0. The summed E-state index contributed by atoms with van der Waals surface area (Å²) in [6.45, 7) is 0. The van der Waals surface area contributed by atoms with Gasteiger partial charge in [0.2, 0.25) is 6.10 Å². The zero-order valence-electron chi connectivity index (χ0n) is 8.49. The van der Waals surface area contributed by atoms with Crippen LogP contribution in [0.4, 0.5) is 0 Å². The molecule has 0 amide bonds. The van der Waals surface area contributed by atoms with E-state index in [1.54, 1.807) is 24.3 Å². The van der Waals surface area contributed by atoms with Gasteiger partial charge in [-0.15, -0.1) is 0 Å². The topological polar surface area (TPSA) is 61.8 Å². The average Bonchev–Trinajstić information content (AvgIpc) is 2.71. The second-order valence-electron chi connectivity index (χ2n) is 3.17. The van der Waals surface area contributed by atoms with Gasteiger partial charge in [0.15, 0.2) is 0 Å². The van der Waals surface area contributed by atoms with Crippen molar-refractivity contribution in [3.05, 3.63) is 35.9 Å². The Balaban J connectivity index is 2.26. The first-order valence-corrected chi connectivity index (χ1v) is 5.61. The van der Waals surface area contributed by atoms with Crippen molar-refractivity contribution in [2.75, 3.05) is 7.11 Å². The van der Waals surface area contributed by atoms with Crippen molar-refractivity contribution in [1.82, 2.24) is 0 Å². The monoisotopic (exact) mass is 242 g/mol. The van der Waals surface area contributed by atoms with Gasteiger partial charge in [-0.05, 0) is 5.56 Å². The first-order valence-electron chi connectivity index (χ1n) is 4.61. The van der Waals surface area contributed by atoms with Crippen molar-refractivity contribution in [3.8, 4) is 0 Å². The summed E-state index contributed by atoms with van der Waals surface area (Å²) in [7, 11) is 1.25. The summed E-state index contributed by atoms with van der Waals surface area (Å²) in [5.74, 6) is -0.597. The molecule has 6 heteroatoms. The minimum atomic E-state index is -1.91. The van der Waals surface area contributed by atoms with Gasteiger partial charge in [0.25, 0.3) is 0 Å². The van der Waals surface area contributed by atoms with E-state index >= 15 is 0 Å². The highest BCUT2D eigenvalue weighted by atomic mass is 32.2. The Morgan fingerprint density at radius 2 is 2.00 bits per heavy atom. The predicted molar refractivity (Wildman–Crippen MR) is 55.3 cm³/mol. The fourth-order valence-corrected chi connectivity index (χ4v) is 2.22. The lowest BCUT2D eigenvalue weighted by atomic mass is 10.0. The van der Waals surface area contributed by atoms with Gasteiger partial charge >= 0.3 is 17.3 Å². The molecule has 1 heterocycles. The molecule has 1 saturated heterocycles. The fourth-order valence-electron chi connectivity index (χ4n) is 1.44. The van der Waals surface area contributed by atoms with Gasteiger partial charge in [0.1, 0.15) is 6.10 Å². The molecular weight excluding hydrogens is 232 g/mol. The van der Waals surface area contributed by atoms with Crippen LogP contribution in [0.15, 0.2) is 30.3 Å². The SMILES string of the molecule is COC(=O)[C@@H]1OS(=O)O[C@H]1c1ccccc1. The van der Waals surface area contributed by atoms with Crippen molar-refractivity contribution in [1.29, 1.82) is 0 Å². The number of hydrogen-bond donors (Lipinski definition) is 0. The smallest absolute Gasteiger partial charge is 0.339 e. The number of ether oxygens (including phenoxy) is 1. The van der Waals surface area contributed by atoms with E-state index in [1.165, 1.54) is 7.11 Å². The quantitative estimate of drug-likeness (QED) is 0.721. The summed E-state index contributed by atoms with van der Waals surface area (Å²) in [6.07, 6.45) is -1.66.